The maximum absolute atomic E-state index is 4.59. The first-order valence-electron chi connectivity index (χ1n) is 7.86. The molecule has 4 nitrogen and oxygen atoms in total. The lowest BCUT2D eigenvalue weighted by Crippen LogP contribution is -2.39. The van der Waals surface area contributed by atoms with Gasteiger partial charge in [0.1, 0.15) is 5.82 Å². The second-order valence-corrected chi connectivity index (χ2v) is 5.57. The number of likely N-dealkylation sites (tertiary alicyclic amines) is 1. The molecule has 4 heteroatoms. The maximum atomic E-state index is 4.59. The van der Waals surface area contributed by atoms with E-state index in [1.807, 2.05) is 12.3 Å². The average molecular weight is 276 g/mol. The summed E-state index contributed by atoms with van der Waals surface area (Å²) in [5.41, 5.74) is 1.29. The third-order valence-corrected chi connectivity index (χ3v) is 4.18. The Labute approximate surface area is 123 Å². The van der Waals surface area contributed by atoms with Gasteiger partial charge in [0.2, 0.25) is 0 Å². The maximum Gasteiger partial charge on any atom is 0.132 e. The summed E-state index contributed by atoms with van der Waals surface area (Å²) >= 11 is 0. The molecule has 1 aromatic heterocycles. The Morgan fingerprint density at radius 3 is 3.05 bits per heavy atom. The molecule has 1 unspecified atom stereocenters. The molecule has 0 amide bonds. The third-order valence-electron chi connectivity index (χ3n) is 4.18. The van der Waals surface area contributed by atoms with Gasteiger partial charge in [-0.15, -0.1) is 0 Å². The van der Waals surface area contributed by atoms with E-state index in [4.69, 9.17) is 0 Å². The van der Waals surface area contributed by atoms with Crippen LogP contribution in [0.25, 0.3) is 0 Å². The molecular formula is C16H28N4. The lowest BCUT2D eigenvalue weighted by Gasteiger charge is -2.29. The van der Waals surface area contributed by atoms with Gasteiger partial charge in [0.15, 0.2) is 0 Å². The van der Waals surface area contributed by atoms with Crippen LogP contribution in [-0.4, -0.2) is 49.2 Å². The zero-order chi connectivity index (χ0) is 14.4. The summed E-state index contributed by atoms with van der Waals surface area (Å²) in [5, 5.41) is 3.40. The fourth-order valence-electron chi connectivity index (χ4n) is 3.09. The Morgan fingerprint density at radius 1 is 1.45 bits per heavy atom. The molecular weight excluding hydrogens is 248 g/mol. The van der Waals surface area contributed by atoms with E-state index in [0.717, 1.165) is 32.0 Å². The molecule has 2 rings (SSSR count). The Kier molecular flexibility index (Phi) is 5.80. The van der Waals surface area contributed by atoms with Crippen molar-refractivity contribution < 1.29 is 0 Å². The normalized spacial score (nSPS) is 19.4. The molecule has 1 aliphatic rings. The van der Waals surface area contributed by atoms with E-state index in [1.165, 1.54) is 24.9 Å². The quantitative estimate of drug-likeness (QED) is 0.826. The Hall–Kier alpha value is -1.13. The van der Waals surface area contributed by atoms with E-state index in [0.29, 0.717) is 6.04 Å². The monoisotopic (exact) mass is 276 g/mol. The van der Waals surface area contributed by atoms with Gasteiger partial charge in [-0.3, -0.25) is 4.90 Å². The van der Waals surface area contributed by atoms with Gasteiger partial charge in [-0.2, -0.15) is 0 Å². The van der Waals surface area contributed by atoms with Gasteiger partial charge >= 0.3 is 0 Å². The minimum absolute atomic E-state index is 0.680. The van der Waals surface area contributed by atoms with E-state index in [9.17, 15) is 0 Å². The lowest BCUT2D eigenvalue weighted by molar-refractivity contribution is 0.270. The summed E-state index contributed by atoms with van der Waals surface area (Å²) in [6, 6.07) is 4.88. The largest absolute Gasteiger partial charge is 0.358 e. The highest BCUT2D eigenvalue weighted by Gasteiger charge is 2.24. The molecule has 0 bridgehead atoms. The smallest absolute Gasteiger partial charge is 0.132 e. The molecule has 1 N–H and O–H groups in total. The summed E-state index contributed by atoms with van der Waals surface area (Å²) in [6.07, 6.45) is 4.54. The number of nitrogens with one attached hydrogen (secondary N) is 1. The number of pyridine rings is 1. The number of likely N-dealkylation sites (N-methyl/N-ethyl adjacent to an activating group) is 2. The fourth-order valence-corrected chi connectivity index (χ4v) is 3.09. The zero-order valence-corrected chi connectivity index (χ0v) is 13.1. The highest BCUT2D eigenvalue weighted by atomic mass is 15.2. The molecule has 1 aromatic rings. The van der Waals surface area contributed by atoms with Crippen molar-refractivity contribution in [2.24, 2.45) is 0 Å². The molecule has 0 saturated carbocycles. The summed E-state index contributed by atoms with van der Waals surface area (Å²) in [7, 11) is 2.17. The van der Waals surface area contributed by atoms with Crippen LogP contribution in [0.15, 0.2) is 18.3 Å². The van der Waals surface area contributed by atoms with Gasteiger partial charge in [0, 0.05) is 37.9 Å². The SMILES string of the molecule is CCNCc1cccnc1N(C)CC1CCCN1CC. The van der Waals surface area contributed by atoms with Crippen LogP contribution < -0.4 is 10.2 Å². The first-order chi connectivity index (χ1) is 9.76. The van der Waals surface area contributed by atoms with Crippen molar-refractivity contribution in [3.8, 4) is 0 Å². The number of hydrogen-bond acceptors (Lipinski definition) is 4. The van der Waals surface area contributed by atoms with E-state index in [1.54, 1.807) is 0 Å². The van der Waals surface area contributed by atoms with Crippen LogP contribution in [0.2, 0.25) is 0 Å². The summed E-state index contributed by atoms with van der Waals surface area (Å²) in [6.45, 7) is 9.76. The van der Waals surface area contributed by atoms with E-state index < -0.39 is 0 Å². The molecule has 0 spiro atoms. The summed E-state index contributed by atoms with van der Waals surface area (Å²) < 4.78 is 0. The molecule has 112 valence electrons. The van der Waals surface area contributed by atoms with Crippen LogP contribution in [0.3, 0.4) is 0 Å². The average Bonchev–Trinajstić information content (AvgIpc) is 2.92. The molecule has 1 fully saturated rings. The van der Waals surface area contributed by atoms with E-state index in [-0.39, 0.29) is 0 Å². The Morgan fingerprint density at radius 2 is 2.30 bits per heavy atom. The molecule has 2 heterocycles. The minimum Gasteiger partial charge on any atom is -0.358 e. The van der Waals surface area contributed by atoms with Crippen molar-refractivity contribution in [1.29, 1.82) is 0 Å². The van der Waals surface area contributed by atoms with E-state index in [2.05, 4.69) is 47.1 Å². The van der Waals surface area contributed by atoms with Crippen LogP contribution in [0.1, 0.15) is 32.3 Å². The number of aromatic nitrogens is 1. The van der Waals surface area contributed by atoms with Gasteiger partial charge in [-0.1, -0.05) is 19.9 Å². The van der Waals surface area contributed by atoms with Crippen LogP contribution >= 0.6 is 0 Å². The van der Waals surface area contributed by atoms with Gasteiger partial charge in [-0.25, -0.2) is 4.98 Å². The second-order valence-electron chi connectivity index (χ2n) is 5.57. The molecule has 1 atom stereocenters. The fraction of sp³-hybridized carbons (Fsp3) is 0.688. The zero-order valence-electron chi connectivity index (χ0n) is 13.1. The third kappa shape index (κ3) is 3.70. The van der Waals surface area contributed by atoms with Gasteiger partial charge in [-0.05, 0) is 38.5 Å². The van der Waals surface area contributed by atoms with Gasteiger partial charge in [0.25, 0.3) is 0 Å². The molecule has 1 aliphatic heterocycles. The first-order valence-corrected chi connectivity index (χ1v) is 7.86. The minimum atomic E-state index is 0.680. The number of anilines is 1. The molecule has 20 heavy (non-hydrogen) atoms. The number of nitrogens with zero attached hydrogens (tertiary/aromatic N) is 3. The lowest BCUT2D eigenvalue weighted by atomic mass is 10.2. The highest BCUT2D eigenvalue weighted by Crippen LogP contribution is 2.21. The van der Waals surface area contributed by atoms with Crippen LogP contribution in [0.4, 0.5) is 5.82 Å². The Balaban J connectivity index is 2.02. The second kappa shape index (κ2) is 7.60. The molecule has 0 radical (unpaired) electrons. The molecule has 0 aromatic carbocycles. The van der Waals surface area contributed by atoms with Crippen molar-refractivity contribution in [1.82, 2.24) is 15.2 Å². The van der Waals surface area contributed by atoms with Crippen LogP contribution in [0.5, 0.6) is 0 Å². The highest BCUT2D eigenvalue weighted by molar-refractivity contribution is 5.46. The summed E-state index contributed by atoms with van der Waals surface area (Å²) in [5.74, 6) is 1.12. The van der Waals surface area contributed by atoms with Gasteiger partial charge in [0.05, 0.1) is 0 Å². The van der Waals surface area contributed by atoms with Crippen LogP contribution in [0, 0.1) is 0 Å². The topological polar surface area (TPSA) is 31.4 Å². The molecule has 0 aliphatic carbocycles. The Bertz CT molecular complexity index is 407. The predicted octanol–water partition coefficient (Wildman–Crippen LogP) is 2.11. The van der Waals surface area contributed by atoms with Crippen molar-refractivity contribution in [3.05, 3.63) is 23.9 Å². The number of hydrogen-bond donors (Lipinski definition) is 1. The van der Waals surface area contributed by atoms with Gasteiger partial charge < -0.3 is 10.2 Å². The van der Waals surface area contributed by atoms with Crippen molar-refractivity contribution in [2.45, 2.75) is 39.3 Å². The van der Waals surface area contributed by atoms with E-state index >= 15 is 0 Å². The standard InChI is InChI=1S/C16H28N4/c1-4-17-12-14-8-6-10-18-16(14)19(3)13-15-9-7-11-20(15)5-2/h6,8,10,15,17H,4-5,7,9,11-13H2,1-3H3. The van der Waals surface area contributed by atoms with Crippen molar-refractivity contribution in [3.63, 3.8) is 0 Å². The predicted molar refractivity (Wildman–Crippen MR) is 85.2 cm³/mol. The number of rotatable bonds is 7. The first kappa shape index (κ1) is 15.3. The van der Waals surface area contributed by atoms with Crippen LogP contribution in [-0.2, 0) is 6.54 Å². The van der Waals surface area contributed by atoms with Crippen molar-refractivity contribution in [2.75, 3.05) is 38.1 Å². The summed E-state index contributed by atoms with van der Waals surface area (Å²) in [4.78, 5) is 9.50. The van der Waals surface area contributed by atoms with Crippen molar-refractivity contribution >= 4 is 5.82 Å². The molecule has 1 saturated heterocycles.